The maximum atomic E-state index is 15.3. The zero-order chi connectivity index (χ0) is 27.8. The molecule has 0 saturated carbocycles. The van der Waals surface area contributed by atoms with Gasteiger partial charge in [-0.25, -0.2) is 9.07 Å². The molecule has 1 aromatic heterocycles. The number of fused-ring (bicyclic) bond motifs is 1. The van der Waals surface area contributed by atoms with Crippen molar-refractivity contribution in [1.29, 1.82) is 0 Å². The Balaban J connectivity index is 1.57. The molecule has 2 heterocycles. The van der Waals surface area contributed by atoms with E-state index >= 15 is 4.39 Å². The summed E-state index contributed by atoms with van der Waals surface area (Å²) in [6.45, 7) is 7.60. The quantitative estimate of drug-likeness (QED) is 0.237. The molecule has 0 saturated heterocycles. The average Bonchev–Trinajstić information content (AvgIpc) is 3.31. The summed E-state index contributed by atoms with van der Waals surface area (Å²) >= 11 is 3.42. The second-order valence-corrected chi connectivity index (χ2v) is 10.6. The molecule has 0 bridgehead atoms. The molecule has 4 aromatic rings. The maximum absolute atomic E-state index is 15.3. The van der Waals surface area contributed by atoms with Crippen molar-refractivity contribution in [3.8, 4) is 0 Å². The third-order valence-corrected chi connectivity index (χ3v) is 7.20. The van der Waals surface area contributed by atoms with Crippen molar-refractivity contribution in [3.63, 3.8) is 0 Å². The number of halogens is 2. The molecule has 9 heteroatoms. The van der Waals surface area contributed by atoms with Crippen molar-refractivity contribution in [2.75, 3.05) is 16.0 Å². The highest BCUT2D eigenvalue weighted by Gasteiger charge is 2.37. The fraction of sp³-hybridized carbons (Fsp3) is 0.167. The highest BCUT2D eigenvalue weighted by atomic mass is 79.9. The van der Waals surface area contributed by atoms with E-state index in [1.807, 2.05) is 63.2 Å². The number of benzene rings is 3. The summed E-state index contributed by atoms with van der Waals surface area (Å²) in [4.78, 5) is 27.0. The normalized spacial score (nSPS) is 14.5. The van der Waals surface area contributed by atoms with Crippen molar-refractivity contribution >= 4 is 44.9 Å². The van der Waals surface area contributed by atoms with Crippen LogP contribution in [0.3, 0.4) is 0 Å². The lowest BCUT2D eigenvalue weighted by Crippen LogP contribution is -2.32. The van der Waals surface area contributed by atoms with Crippen LogP contribution in [-0.4, -0.2) is 21.6 Å². The second-order valence-electron chi connectivity index (χ2n) is 9.68. The molecule has 0 aliphatic carbocycles. The number of anilines is 3. The zero-order valence-corrected chi connectivity index (χ0v) is 23.5. The minimum absolute atomic E-state index is 0.242. The van der Waals surface area contributed by atoms with Gasteiger partial charge >= 0.3 is 0 Å². The molecule has 0 fully saturated rings. The van der Waals surface area contributed by atoms with Gasteiger partial charge in [0.15, 0.2) is 0 Å². The van der Waals surface area contributed by atoms with Crippen LogP contribution in [0.5, 0.6) is 0 Å². The summed E-state index contributed by atoms with van der Waals surface area (Å²) in [7, 11) is 0. The monoisotopic (exact) mass is 587 g/mol. The van der Waals surface area contributed by atoms with Crippen LogP contribution >= 0.6 is 15.9 Å². The van der Waals surface area contributed by atoms with Crippen LogP contribution in [-0.2, 0) is 4.79 Å². The number of aryl methyl sites for hydroxylation is 3. The smallest absolute Gasteiger partial charge is 0.261 e. The molecule has 3 N–H and O–H groups in total. The summed E-state index contributed by atoms with van der Waals surface area (Å²) in [5.41, 5.74) is 5.63. The minimum atomic E-state index is -0.926. The molecule has 198 valence electrons. The summed E-state index contributed by atoms with van der Waals surface area (Å²) in [6.07, 6.45) is 1.42. The van der Waals surface area contributed by atoms with Crippen LogP contribution in [0.15, 0.2) is 82.6 Å². The average molecular weight is 588 g/mol. The van der Waals surface area contributed by atoms with Crippen LogP contribution in [0.4, 0.5) is 21.6 Å². The molecule has 39 heavy (non-hydrogen) atoms. The van der Waals surface area contributed by atoms with Gasteiger partial charge in [0.1, 0.15) is 23.2 Å². The first-order chi connectivity index (χ1) is 18.6. The SMILES string of the molecule is CC1=C(C(=O)Nc2ccc(C)cc2C)[C@H](c2cc(Br)ccc2F)n2ncc(C(=O)Nc3ccc(C)cc3)c2N1. The van der Waals surface area contributed by atoms with E-state index in [4.69, 9.17) is 0 Å². The number of hydrogen-bond donors (Lipinski definition) is 3. The predicted octanol–water partition coefficient (Wildman–Crippen LogP) is 6.89. The van der Waals surface area contributed by atoms with Crippen LogP contribution in [0.1, 0.15) is 45.6 Å². The fourth-order valence-electron chi connectivity index (χ4n) is 4.71. The van der Waals surface area contributed by atoms with Gasteiger partial charge in [0.05, 0.1) is 11.8 Å². The first kappa shape index (κ1) is 26.4. The highest BCUT2D eigenvalue weighted by molar-refractivity contribution is 9.10. The lowest BCUT2D eigenvalue weighted by atomic mass is 9.94. The van der Waals surface area contributed by atoms with Crippen LogP contribution < -0.4 is 16.0 Å². The van der Waals surface area contributed by atoms with Crippen molar-refractivity contribution in [3.05, 3.63) is 116 Å². The number of nitrogens with zero attached hydrogens (tertiary/aromatic N) is 2. The van der Waals surface area contributed by atoms with E-state index in [2.05, 4.69) is 37.0 Å². The Kier molecular flexibility index (Phi) is 7.10. The van der Waals surface area contributed by atoms with Crippen LogP contribution in [0.2, 0.25) is 0 Å². The van der Waals surface area contributed by atoms with Gasteiger partial charge in [-0.15, -0.1) is 0 Å². The Morgan fingerprint density at radius 2 is 1.64 bits per heavy atom. The lowest BCUT2D eigenvalue weighted by molar-refractivity contribution is -0.113. The summed E-state index contributed by atoms with van der Waals surface area (Å²) < 4.78 is 17.5. The van der Waals surface area contributed by atoms with Crippen LogP contribution in [0, 0.1) is 26.6 Å². The Morgan fingerprint density at radius 1 is 0.923 bits per heavy atom. The van der Waals surface area contributed by atoms with Crippen molar-refractivity contribution in [2.24, 2.45) is 0 Å². The molecular formula is C30H27BrFN5O2. The molecule has 7 nitrogen and oxygen atoms in total. The molecule has 2 amide bonds. The van der Waals surface area contributed by atoms with Crippen LogP contribution in [0.25, 0.3) is 0 Å². The van der Waals surface area contributed by atoms with Gasteiger partial charge in [0.25, 0.3) is 11.8 Å². The van der Waals surface area contributed by atoms with E-state index < -0.39 is 17.8 Å². The Labute approximate surface area is 234 Å². The molecule has 3 aromatic carbocycles. The van der Waals surface area contributed by atoms with Gasteiger partial charge in [-0.2, -0.15) is 5.10 Å². The topological polar surface area (TPSA) is 88.0 Å². The summed E-state index contributed by atoms with van der Waals surface area (Å²) in [6, 6.07) is 16.8. The molecule has 0 unspecified atom stereocenters. The van der Waals surface area contributed by atoms with E-state index in [-0.39, 0.29) is 22.6 Å². The number of amides is 2. The van der Waals surface area contributed by atoms with E-state index in [0.29, 0.717) is 27.4 Å². The van der Waals surface area contributed by atoms with Gasteiger partial charge in [0, 0.05) is 27.1 Å². The second kappa shape index (κ2) is 10.5. The fourth-order valence-corrected chi connectivity index (χ4v) is 5.08. The van der Waals surface area contributed by atoms with Gasteiger partial charge < -0.3 is 16.0 Å². The first-order valence-corrected chi connectivity index (χ1v) is 13.2. The van der Waals surface area contributed by atoms with Crippen molar-refractivity contribution in [1.82, 2.24) is 9.78 Å². The third kappa shape index (κ3) is 5.22. The molecule has 1 aliphatic heterocycles. The zero-order valence-electron chi connectivity index (χ0n) is 21.9. The standard InChI is InChI=1S/C30H27BrFN5O2/c1-16-5-9-21(10-6-16)35-29(38)23-15-33-37-27(22-14-20(31)8-11-24(22)32)26(19(4)34-28(23)37)30(39)36-25-12-7-17(2)13-18(25)3/h5-15,27,34H,1-4H3,(H,35,38)(H,36,39)/t27-/m0/s1. The van der Waals surface area contributed by atoms with Gasteiger partial charge in [-0.3, -0.25) is 9.59 Å². The Bertz CT molecular complexity index is 1640. The molecule has 5 rings (SSSR count). The van der Waals surface area contributed by atoms with E-state index in [9.17, 15) is 9.59 Å². The van der Waals surface area contributed by atoms with E-state index in [0.717, 1.165) is 16.7 Å². The largest absolute Gasteiger partial charge is 0.343 e. The lowest BCUT2D eigenvalue weighted by Gasteiger charge is -2.30. The molecule has 0 radical (unpaired) electrons. The number of carbonyl (C=O) groups is 2. The number of aromatic nitrogens is 2. The Morgan fingerprint density at radius 3 is 2.36 bits per heavy atom. The van der Waals surface area contributed by atoms with Gasteiger partial charge in [-0.1, -0.05) is 51.3 Å². The maximum Gasteiger partial charge on any atom is 0.261 e. The minimum Gasteiger partial charge on any atom is -0.343 e. The molecule has 1 atom stereocenters. The molecule has 1 aliphatic rings. The number of carbonyl (C=O) groups excluding carboxylic acids is 2. The highest BCUT2D eigenvalue weighted by Crippen LogP contribution is 2.39. The number of rotatable bonds is 5. The first-order valence-electron chi connectivity index (χ1n) is 12.4. The van der Waals surface area contributed by atoms with Crippen molar-refractivity contribution < 1.29 is 14.0 Å². The predicted molar refractivity (Wildman–Crippen MR) is 154 cm³/mol. The molecule has 0 spiro atoms. The van der Waals surface area contributed by atoms with Gasteiger partial charge in [0.2, 0.25) is 0 Å². The number of allylic oxidation sites excluding steroid dienone is 1. The Hall–Kier alpha value is -4.24. The third-order valence-electron chi connectivity index (χ3n) is 6.70. The van der Waals surface area contributed by atoms with Crippen molar-refractivity contribution in [2.45, 2.75) is 33.7 Å². The summed E-state index contributed by atoms with van der Waals surface area (Å²) in [5, 5.41) is 13.5. The summed E-state index contributed by atoms with van der Waals surface area (Å²) in [5.74, 6) is -0.911. The van der Waals surface area contributed by atoms with Gasteiger partial charge in [-0.05, 0) is 69.7 Å². The number of nitrogens with one attached hydrogen (secondary N) is 3. The molecular weight excluding hydrogens is 561 g/mol. The van der Waals surface area contributed by atoms with E-state index in [1.165, 1.54) is 16.9 Å². The number of hydrogen-bond acceptors (Lipinski definition) is 4. The van der Waals surface area contributed by atoms with E-state index in [1.54, 1.807) is 19.1 Å².